The fraction of sp³-hybridized carbons (Fsp3) is 0.917. The van der Waals surface area contributed by atoms with Crippen molar-refractivity contribution in [3.05, 3.63) is 0 Å². The van der Waals surface area contributed by atoms with Crippen molar-refractivity contribution < 1.29 is 0 Å². The summed E-state index contributed by atoms with van der Waals surface area (Å²) in [6.07, 6.45) is 0. The highest BCUT2D eigenvalue weighted by molar-refractivity contribution is 4.93. The normalized spacial score (nSPS) is 16.1. The number of hydrogen-bond acceptors (Lipinski definition) is 3. The number of nitriles is 1. The zero-order chi connectivity index (χ0) is 12.1. The Balaban J connectivity index is 4.23. The third kappa shape index (κ3) is 5.15. The molecular formula is C12H25N3. The van der Waals surface area contributed by atoms with E-state index in [9.17, 15) is 0 Å². The molecule has 0 aromatic carbocycles. The molecule has 0 rings (SSSR count). The average molecular weight is 211 g/mol. The molecule has 0 aliphatic rings. The molecule has 0 aliphatic carbocycles. The molecule has 0 heterocycles. The minimum atomic E-state index is -0.0650. The molecule has 0 aliphatic heterocycles. The van der Waals surface area contributed by atoms with E-state index in [0.717, 1.165) is 13.1 Å². The van der Waals surface area contributed by atoms with Gasteiger partial charge in [0, 0.05) is 12.6 Å². The molecule has 0 saturated carbocycles. The average Bonchev–Trinajstić information content (AvgIpc) is 2.14. The molecule has 3 heteroatoms. The fourth-order valence-electron chi connectivity index (χ4n) is 1.50. The van der Waals surface area contributed by atoms with Crippen molar-refractivity contribution in [1.29, 1.82) is 5.26 Å². The molecule has 0 bridgehead atoms. The molecule has 0 spiro atoms. The van der Waals surface area contributed by atoms with Crippen molar-refractivity contribution in [3.8, 4) is 6.07 Å². The van der Waals surface area contributed by atoms with Gasteiger partial charge in [-0.2, -0.15) is 5.26 Å². The van der Waals surface area contributed by atoms with Crippen LogP contribution >= 0.6 is 0 Å². The highest BCUT2D eigenvalue weighted by Gasteiger charge is 2.25. The highest BCUT2D eigenvalue weighted by atomic mass is 15.2. The molecule has 2 unspecified atom stereocenters. The zero-order valence-electron chi connectivity index (χ0n) is 11.0. The van der Waals surface area contributed by atoms with Crippen molar-refractivity contribution in [1.82, 2.24) is 10.2 Å². The molecular weight excluding hydrogens is 186 g/mol. The Kier molecular flexibility index (Phi) is 5.85. The molecule has 2 atom stereocenters. The molecule has 15 heavy (non-hydrogen) atoms. The lowest BCUT2D eigenvalue weighted by atomic mass is 9.87. The smallest absolute Gasteiger partial charge is 0.108 e. The van der Waals surface area contributed by atoms with E-state index in [2.05, 4.69) is 51.0 Å². The first-order chi connectivity index (χ1) is 6.82. The largest absolute Gasteiger partial charge is 0.301 e. The van der Waals surface area contributed by atoms with Crippen LogP contribution in [0, 0.1) is 16.7 Å². The summed E-state index contributed by atoms with van der Waals surface area (Å²) in [5.41, 5.74) is 0.251. The molecule has 1 N–H and O–H groups in total. The lowest BCUT2D eigenvalue weighted by Gasteiger charge is -2.36. The minimum absolute atomic E-state index is 0.0650. The van der Waals surface area contributed by atoms with Gasteiger partial charge in [-0.1, -0.05) is 27.7 Å². The lowest BCUT2D eigenvalue weighted by molar-refractivity contribution is 0.135. The van der Waals surface area contributed by atoms with E-state index in [1.54, 1.807) is 0 Å². The van der Waals surface area contributed by atoms with Gasteiger partial charge in [0.25, 0.3) is 0 Å². The van der Waals surface area contributed by atoms with Crippen LogP contribution in [0.15, 0.2) is 0 Å². The van der Waals surface area contributed by atoms with Crippen LogP contribution in [0.4, 0.5) is 0 Å². The van der Waals surface area contributed by atoms with Gasteiger partial charge >= 0.3 is 0 Å². The Morgan fingerprint density at radius 2 is 1.93 bits per heavy atom. The van der Waals surface area contributed by atoms with Crippen molar-refractivity contribution in [3.63, 3.8) is 0 Å². The molecule has 3 nitrogen and oxygen atoms in total. The molecule has 0 aromatic heterocycles. The number of nitrogens with zero attached hydrogens (tertiary/aromatic N) is 2. The summed E-state index contributed by atoms with van der Waals surface area (Å²) in [6.45, 7) is 12.5. The van der Waals surface area contributed by atoms with Gasteiger partial charge in [0.05, 0.1) is 6.07 Å². The molecule has 0 fully saturated rings. The van der Waals surface area contributed by atoms with Gasteiger partial charge in [-0.05, 0) is 25.9 Å². The van der Waals surface area contributed by atoms with Crippen LogP contribution in [-0.4, -0.2) is 37.1 Å². The number of nitrogens with one attached hydrogen (secondary N) is 1. The van der Waals surface area contributed by atoms with E-state index in [4.69, 9.17) is 5.26 Å². The summed E-state index contributed by atoms with van der Waals surface area (Å²) >= 11 is 0. The Morgan fingerprint density at radius 3 is 2.27 bits per heavy atom. The topological polar surface area (TPSA) is 39.1 Å². The summed E-state index contributed by atoms with van der Waals surface area (Å²) in [5, 5.41) is 12.1. The van der Waals surface area contributed by atoms with Crippen molar-refractivity contribution in [2.24, 2.45) is 5.41 Å². The summed E-state index contributed by atoms with van der Waals surface area (Å²) in [6, 6.07) is 2.69. The highest BCUT2D eigenvalue weighted by Crippen LogP contribution is 2.22. The molecule has 0 radical (unpaired) electrons. The van der Waals surface area contributed by atoms with Crippen LogP contribution in [-0.2, 0) is 0 Å². The van der Waals surface area contributed by atoms with E-state index < -0.39 is 0 Å². The van der Waals surface area contributed by atoms with Gasteiger partial charge in [0.1, 0.15) is 6.04 Å². The van der Waals surface area contributed by atoms with Crippen LogP contribution in [0.3, 0.4) is 0 Å². The standard InChI is InChI=1S/C12H25N3/c1-7-14-11(8-13)9-15(6)10(2)12(3,4)5/h10-11,14H,7,9H2,1-6H3. The van der Waals surface area contributed by atoms with Gasteiger partial charge in [-0.25, -0.2) is 0 Å². The Bertz CT molecular complexity index is 212. The van der Waals surface area contributed by atoms with Gasteiger partial charge in [0.15, 0.2) is 0 Å². The van der Waals surface area contributed by atoms with Crippen LogP contribution in [0.2, 0.25) is 0 Å². The Hall–Kier alpha value is -0.590. The zero-order valence-corrected chi connectivity index (χ0v) is 11.0. The van der Waals surface area contributed by atoms with Gasteiger partial charge < -0.3 is 10.2 Å². The predicted octanol–water partition coefficient (Wildman–Crippen LogP) is 1.85. The molecule has 88 valence electrons. The van der Waals surface area contributed by atoms with E-state index in [1.165, 1.54) is 0 Å². The van der Waals surface area contributed by atoms with Crippen LogP contribution in [0.1, 0.15) is 34.6 Å². The van der Waals surface area contributed by atoms with Crippen molar-refractivity contribution in [2.75, 3.05) is 20.1 Å². The van der Waals surface area contributed by atoms with Crippen molar-refractivity contribution in [2.45, 2.75) is 46.7 Å². The molecule has 0 aromatic rings. The second-order valence-electron chi connectivity index (χ2n) is 5.22. The summed E-state index contributed by atoms with van der Waals surface area (Å²) in [7, 11) is 2.08. The monoisotopic (exact) mass is 211 g/mol. The third-order valence-electron chi connectivity index (χ3n) is 2.99. The first kappa shape index (κ1) is 14.4. The number of rotatable bonds is 5. The summed E-state index contributed by atoms with van der Waals surface area (Å²) < 4.78 is 0. The van der Waals surface area contributed by atoms with Gasteiger partial charge in [0.2, 0.25) is 0 Å². The van der Waals surface area contributed by atoms with E-state index in [0.29, 0.717) is 6.04 Å². The molecule has 0 saturated heterocycles. The molecule has 0 amide bonds. The maximum Gasteiger partial charge on any atom is 0.108 e. The van der Waals surface area contributed by atoms with Crippen LogP contribution in [0.25, 0.3) is 0 Å². The maximum absolute atomic E-state index is 8.95. The maximum atomic E-state index is 8.95. The predicted molar refractivity (Wildman–Crippen MR) is 64.6 cm³/mol. The van der Waals surface area contributed by atoms with Gasteiger partial charge in [-0.3, -0.25) is 0 Å². The first-order valence-electron chi connectivity index (χ1n) is 5.66. The van der Waals surface area contributed by atoms with E-state index >= 15 is 0 Å². The van der Waals surface area contributed by atoms with Gasteiger partial charge in [-0.15, -0.1) is 0 Å². The Labute approximate surface area is 94.5 Å². The first-order valence-corrected chi connectivity index (χ1v) is 5.66. The second kappa shape index (κ2) is 6.09. The fourth-order valence-corrected chi connectivity index (χ4v) is 1.50. The SMILES string of the molecule is CCNC(C#N)CN(C)C(C)C(C)(C)C. The minimum Gasteiger partial charge on any atom is -0.301 e. The third-order valence-corrected chi connectivity index (χ3v) is 2.99. The van der Waals surface area contributed by atoms with E-state index in [1.807, 2.05) is 6.92 Å². The quantitative estimate of drug-likeness (QED) is 0.754. The van der Waals surface area contributed by atoms with Crippen molar-refractivity contribution >= 4 is 0 Å². The number of likely N-dealkylation sites (N-methyl/N-ethyl adjacent to an activating group) is 2. The summed E-state index contributed by atoms with van der Waals surface area (Å²) in [4.78, 5) is 2.25. The second-order valence-corrected chi connectivity index (χ2v) is 5.22. The lowest BCUT2D eigenvalue weighted by Crippen LogP contribution is -2.46. The number of hydrogen-bond donors (Lipinski definition) is 1. The van der Waals surface area contributed by atoms with E-state index in [-0.39, 0.29) is 11.5 Å². The summed E-state index contributed by atoms with van der Waals surface area (Å²) in [5.74, 6) is 0. The Morgan fingerprint density at radius 1 is 1.40 bits per heavy atom. The van der Waals surface area contributed by atoms with Crippen LogP contribution in [0.5, 0.6) is 0 Å². The van der Waals surface area contributed by atoms with Crippen LogP contribution < -0.4 is 5.32 Å².